The molecule has 1 aliphatic heterocycles. The second-order valence-electron chi connectivity index (χ2n) is 6.96. The fraction of sp³-hybridized carbons (Fsp3) is 0.217. The quantitative estimate of drug-likeness (QED) is 0.705. The summed E-state index contributed by atoms with van der Waals surface area (Å²) in [4.78, 5) is 26.5. The van der Waals surface area contributed by atoms with Gasteiger partial charge in [-0.2, -0.15) is 0 Å². The Morgan fingerprint density at radius 1 is 1.00 bits per heavy atom. The molecule has 1 aromatic heterocycles. The van der Waals surface area contributed by atoms with Gasteiger partial charge in [0.25, 0.3) is 5.91 Å². The van der Waals surface area contributed by atoms with Gasteiger partial charge in [-0.3, -0.25) is 9.59 Å². The Hall–Kier alpha value is -3.34. The molecule has 0 bridgehead atoms. The van der Waals surface area contributed by atoms with Gasteiger partial charge in [-0.1, -0.05) is 36.4 Å². The number of likely N-dealkylation sites (tertiary alicyclic amines) is 1. The summed E-state index contributed by atoms with van der Waals surface area (Å²) < 4.78 is 5.70. The molecule has 0 spiro atoms. The first-order chi connectivity index (χ1) is 13.7. The zero-order valence-electron chi connectivity index (χ0n) is 15.5. The summed E-state index contributed by atoms with van der Waals surface area (Å²) in [6.45, 7) is 1.26. The van der Waals surface area contributed by atoms with Gasteiger partial charge in [-0.15, -0.1) is 0 Å². The molecule has 2 aromatic carbocycles. The van der Waals surface area contributed by atoms with Crippen LogP contribution in [0.15, 0.2) is 71.2 Å². The second kappa shape index (κ2) is 8.13. The van der Waals surface area contributed by atoms with Gasteiger partial charge in [0.15, 0.2) is 0 Å². The van der Waals surface area contributed by atoms with E-state index in [-0.39, 0.29) is 17.9 Å². The van der Waals surface area contributed by atoms with Crippen LogP contribution in [0.1, 0.15) is 29.0 Å². The molecule has 2 amide bonds. The van der Waals surface area contributed by atoms with Crippen molar-refractivity contribution in [2.24, 2.45) is 0 Å². The number of para-hydroxylation sites is 1. The average Bonchev–Trinajstić information content (AvgIpc) is 3.16. The standard InChI is InChI=1S/C23H22N2O3/c26-22(11-10-20-16-18-8-4-5-9-21(18)28-20)25-14-12-19(13-15-25)24-23(27)17-6-2-1-3-7-17/h1-11,16,19H,12-15H2,(H,24,27). The summed E-state index contributed by atoms with van der Waals surface area (Å²) in [5.41, 5.74) is 1.47. The smallest absolute Gasteiger partial charge is 0.251 e. The minimum atomic E-state index is -0.0600. The molecule has 5 nitrogen and oxygen atoms in total. The zero-order valence-corrected chi connectivity index (χ0v) is 15.5. The van der Waals surface area contributed by atoms with Gasteiger partial charge >= 0.3 is 0 Å². The first-order valence-corrected chi connectivity index (χ1v) is 9.50. The minimum Gasteiger partial charge on any atom is -0.457 e. The van der Waals surface area contributed by atoms with E-state index in [0.717, 1.165) is 23.8 Å². The van der Waals surface area contributed by atoms with Gasteiger partial charge in [0.2, 0.25) is 5.91 Å². The lowest BCUT2D eigenvalue weighted by Crippen LogP contribution is -2.46. The summed E-state index contributed by atoms with van der Waals surface area (Å²) >= 11 is 0. The third kappa shape index (κ3) is 4.14. The molecule has 5 heteroatoms. The highest BCUT2D eigenvalue weighted by molar-refractivity contribution is 5.94. The molecule has 0 atom stereocenters. The monoisotopic (exact) mass is 374 g/mol. The number of nitrogens with one attached hydrogen (secondary N) is 1. The maximum Gasteiger partial charge on any atom is 0.251 e. The molecule has 3 aromatic rings. The molecule has 0 saturated carbocycles. The van der Waals surface area contributed by atoms with Crippen molar-refractivity contribution in [2.45, 2.75) is 18.9 Å². The van der Waals surface area contributed by atoms with E-state index < -0.39 is 0 Å². The van der Waals surface area contributed by atoms with Gasteiger partial charge < -0.3 is 14.6 Å². The molecule has 1 fully saturated rings. The van der Waals surface area contributed by atoms with Crippen LogP contribution in [0, 0.1) is 0 Å². The molecule has 0 radical (unpaired) electrons. The van der Waals surface area contributed by atoms with Gasteiger partial charge in [-0.05, 0) is 43.2 Å². The third-order valence-electron chi connectivity index (χ3n) is 5.01. The van der Waals surface area contributed by atoms with Crippen molar-refractivity contribution >= 4 is 28.9 Å². The fourth-order valence-electron chi connectivity index (χ4n) is 3.45. The molecule has 4 rings (SSSR count). The van der Waals surface area contributed by atoms with Crippen LogP contribution >= 0.6 is 0 Å². The van der Waals surface area contributed by atoms with E-state index in [4.69, 9.17) is 4.42 Å². The van der Waals surface area contributed by atoms with Crippen LogP contribution in [-0.2, 0) is 4.79 Å². The number of carbonyl (C=O) groups is 2. The lowest BCUT2D eigenvalue weighted by atomic mass is 10.0. The average molecular weight is 374 g/mol. The largest absolute Gasteiger partial charge is 0.457 e. The van der Waals surface area contributed by atoms with Crippen molar-refractivity contribution in [3.05, 3.63) is 78.1 Å². The first-order valence-electron chi connectivity index (χ1n) is 9.50. The summed E-state index contributed by atoms with van der Waals surface area (Å²) in [6, 6.07) is 19.0. The van der Waals surface area contributed by atoms with Crippen LogP contribution in [0.3, 0.4) is 0 Å². The molecule has 28 heavy (non-hydrogen) atoms. The van der Waals surface area contributed by atoms with E-state index in [1.165, 1.54) is 0 Å². The van der Waals surface area contributed by atoms with Gasteiger partial charge in [0.05, 0.1) is 0 Å². The summed E-state index contributed by atoms with van der Waals surface area (Å²) in [5.74, 6) is 0.572. The van der Waals surface area contributed by atoms with E-state index in [1.54, 1.807) is 24.3 Å². The number of furan rings is 1. The van der Waals surface area contributed by atoms with Gasteiger partial charge in [-0.25, -0.2) is 0 Å². The minimum absolute atomic E-state index is 0.0340. The summed E-state index contributed by atoms with van der Waals surface area (Å²) in [7, 11) is 0. The zero-order chi connectivity index (χ0) is 19.3. The van der Waals surface area contributed by atoms with E-state index in [9.17, 15) is 9.59 Å². The topological polar surface area (TPSA) is 62.6 Å². The molecular formula is C23H22N2O3. The van der Waals surface area contributed by atoms with Crippen molar-refractivity contribution in [3.8, 4) is 0 Å². The number of hydrogen-bond acceptors (Lipinski definition) is 3. The van der Waals surface area contributed by atoms with Crippen molar-refractivity contribution in [3.63, 3.8) is 0 Å². The van der Waals surface area contributed by atoms with Crippen LogP contribution in [0.25, 0.3) is 17.0 Å². The number of hydrogen-bond donors (Lipinski definition) is 1. The van der Waals surface area contributed by atoms with Crippen LogP contribution in [0.5, 0.6) is 0 Å². The normalized spacial score (nSPS) is 15.2. The van der Waals surface area contributed by atoms with Gasteiger partial charge in [0, 0.05) is 36.2 Å². The number of fused-ring (bicyclic) bond motifs is 1. The van der Waals surface area contributed by atoms with Crippen molar-refractivity contribution in [1.82, 2.24) is 10.2 Å². The van der Waals surface area contributed by atoms with E-state index in [2.05, 4.69) is 5.32 Å². The second-order valence-corrected chi connectivity index (χ2v) is 6.96. The number of rotatable bonds is 4. The van der Waals surface area contributed by atoms with Crippen LogP contribution in [-0.4, -0.2) is 35.8 Å². The Labute approximate surface area is 163 Å². The lowest BCUT2D eigenvalue weighted by molar-refractivity contribution is -0.127. The third-order valence-corrected chi connectivity index (χ3v) is 5.01. The molecule has 0 aliphatic carbocycles. The number of nitrogens with zero attached hydrogens (tertiary/aromatic N) is 1. The molecular weight excluding hydrogens is 352 g/mol. The lowest BCUT2D eigenvalue weighted by Gasteiger charge is -2.31. The first kappa shape index (κ1) is 18.0. The highest BCUT2D eigenvalue weighted by atomic mass is 16.3. The van der Waals surface area contributed by atoms with Gasteiger partial charge in [0.1, 0.15) is 11.3 Å². The predicted octanol–water partition coefficient (Wildman–Crippen LogP) is 3.87. The van der Waals surface area contributed by atoms with E-state index in [1.807, 2.05) is 53.4 Å². The number of piperidine rings is 1. The van der Waals surface area contributed by atoms with E-state index >= 15 is 0 Å². The Kier molecular flexibility index (Phi) is 5.24. The Bertz CT molecular complexity index is 966. The number of amides is 2. The maximum absolute atomic E-state index is 12.4. The highest BCUT2D eigenvalue weighted by Crippen LogP contribution is 2.20. The summed E-state index contributed by atoms with van der Waals surface area (Å²) in [5, 5.41) is 4.08. The highest BCUT2D eigenvalue weighted by Gasteiger charge is 2.23. The van der Waals surface area contributed by atoms with Crippen LogP contribution < -0.4 is 5.32 Å². The van der Waals surface area contributed by atoms with Crippen molar-refractivity contribution in [1.29, 1.82) is 0 Å². The van der Waals surface area contributed by atoms with E-state index in [0.29, 0.717) is 24.4 Å². The molecule has 1 aliphatic rings. The van der Waals surface area contributed by atoms with Crippen molar-refractivity contribution in [2.75, 3.05) is 13.1 Å². The number of benzene rings is 2. The fourth-order valence-corrected chi connectivity index (χ4v) is 3.45. The molecule has 0 unspecified atom stereocenters. The molecule has 142 valence electrons. The predicted molar refractivity (Wildman–Crippen MR) is 109 cm³/mol. The Morgan fingerprint density at radius 3 is 2.46 bits per heavy atom. The summed E-state index contributed by atoms with van der Waals surface area (Å²) in [6.07, 6.45) is 4.78. The molecule has 2 heterocycles. The number of carbonyl (C=O) groups excluding carboxylic acids is 2. The molecule has 1 N–H and O–H groups in total. The van der Waals surface area contributed by atoms with Crippen LogP contribution in [0.4, 0.5) is 0 Å². The maximum atomic E-state index is 12.4. The Morgan fingerprint density at radius 2 is 1.71 bits per heavy atom. The molecule has 1 saturated heterocycles. The SMILES string of the molecule is O=C(NC1CCN(C(=O)C=Cc2cc3ccccc3o2)CC1)c1ccccc1. The Balaban J connectivity index is 1.29. The van der Waals surface area contributed by atoms with Crippen molar-refractivity contribution < 1.29 is 14.0 Å². The van der Waals surface area contributed by atoms with Crippen LogP contribution in [0.2, 0.25) is 0 Å².